The van der Waals surface area contributed by atoms with Gasteiger partial charge in [0.1, 0.15) is 0 Å². The topological polar surface area (TPSA) is 9.23 Å². The molecule has 0 bridgehead atoms. The second kappa shape index (κ2) is 11.0. The number of hydrogen-bond acceptors (Lipinski definition) is 1. The van der Waals surface area contributed by atoms with E-state index in [-0.39, 0.29) is 0 Å². The molecule has 0 aromatic rings. The average molecular weight is 471 g/mol. The van der Waals surface area contributed by atoms with Gasteiger partial charge in [-0.3, -0.25) is 0 Å². The van der Waals surface area contributed by atoms with Crippen molar-refractivity contribution >= 4 is 8.32 Å². The van der Waals surface area contributed by atoms with Crippen LogP contribution in [0.25, 0.3) is 0 Å². The smallest absolute Gasteiger partial charge is 0.184 e. The molecule has 0 N–H and O–H groups in total. The summed E-state index contributed by atoms with van der Waals surface area (Å²) in [4.78, 5) is 0. The molecule has 0 aromatic heterocycles. The van der Waals surface area contributed by atoms with Crippen LogP contribution in [0.15, 0.2) is 35.5 Å². The van der Waals surface area contributed by atoms with E-state index in [1.54, 1.807) is 11.1 Å². The third-order valence-electron chi connectivity index (χ3n) is 9.49. The first-order valence-electron chi connectivity index (χ1n) is 14.2. The van der Waals surface area contributed by atoms with E-state index in [1.807, 2.05) is 0 Å². The molecule has 0 aliphatic heterocycles. The van der Waals surface area contributed by atoms with E-state index in [2.05, 4.69) is 85.5 Å². The third-order valence-corrected chi connectivity index (χ3v) is 10.5. The SMILES string of the molecule is CC(C)[C@@H](C)/C=C/[C@@H](C)[C@H]1CC[C@H]2/C(=C/C=C3\CC(O[Si](C)(C)C)CC[C@H]3C)CCC[C@]12C. The predicted molar refractivity (Wildman–Crippen MR) is 148 cm³/mol. The number of hydrogen-bond donors (Lipinski definition) is 0. The standard InChI is InChI=1S/C31H54OSi/c1-22(2)23(3)12-13-25(5)29-18-19-30-26(11-10-20-31(29,30)6)15-16-27-21-28(17-14-24(27)4)32-33(7,8)9/h12-13,15-16,22-25,28-30H,10-11,14,17-21H2,1-9H3/b13-12+,26-15+,27-16+/t23-,24+,25+,28?,29+,30-,31+/m0/s1. The zero-order valence-corrected chi connectivity index (χ0v) is 24.4. The van der Waals surface area contributed by atoms with Gasteiger partial charge in [0, 0.05) is 6.10 Å². The quantitative estimate of drug-likeness (QED) is 0.266. The zero-order chi connectivity index (χ0) is 24.4. The van der Waals surface area contributed by atoms with Crippen LogP contribution in [-0.2, 0) is 4.43 Å². The highest BCUT2D eigenvalue weighted by Crippen LogP contribution is 2.59. The minimum atomic E-state index is -1.47. The molecule has 3 rings (SSSR count). The van der Waals surface area contributed by atoms with Crippen LogP contribution < -0.4 is 0 Å². The molecule has 0 spiro atoms. The lowest BCUT2D eigenvalue weighted by Crippen LogP contribution is -2.35. The Labute approximate surface area is 207 Å². The second-order valence-corrected chi connectivity index (χ2v) is 17.9. The molecule has 2 heteroatoms. The maximum absolute atomic E-state index is 6.50. The van der Waals surface area contributed by atoms with Gasteiger partial charge >= 0.3 is 0 Å². The Morgan fingerprint density at radius 2 is 1.64 bits per heavy atom. The Balaban J connectivity index is 1.73. The van der Waals surface area contributed by atoms with Gasteiger partial charge in [0.05, 0.1) is 0 Å². The summed E-state index contributed by atoms with van der Waals surface area (Å²) in [6.45, 7) is 21.6. The van der Waals surface area contributed by atoms with E-state index in [9.17, 15) is 0 Å². The van der Waals surface area contributed by atoms with E-state index in [4.69, 9.17) is 4.43 Å². The minimum Gasteiger partial charge on any atom is -0.414 e. The lowest BCUT2D eigenvalue weighted by Gasteiger charge is -2.44. The number of rotatable bonds is 7. The lowest BCUT2D eigenvalue weighted by atomic mass is 9.61. The molecule has 3 aliphatic rings. The van der Waals surface area contributed by atoms with Crippen molar-refractivity contribution in [1.82, 2.24) is 0 Å². The van der Waals surface area contributed by atoms with Crippen molar-refractivity contribution in [2.45, 2.75) is 119 Å². The molecule has 188 valence electrons. The molecule has 3 aliphatic carbocycles. The molecule has 1 unspecified atom stereocenters. The lowest BCUT2D eigenvalue weighted by molar-refractivity contribution is 0.112. The maximum Gasteiger partial charge on any atom is 0.184 e. The first-order valence-corrected chi connectivity index (χ1v) is 17.6. The van der Waals surface area contributed by atoms with Crippen LogP contribution in [0, 0.1) is 40.9 Å². The summed E-state index contributed by atoms with van der Waals surface area (Å²) >= 11 is 0. The zero-order valence-electron chi connectivity index (χ0n) is 23.4. The van der Waals surface area contributed by atoms with Gasteiger partial charge in [-0.2, -0.15) is 0 Å². The number of fused-ring (bicyclic) bond motifs is 1. The minimum absolute atomic E-state index is 0.450. The maximum atomic E-state index is 6.50. The van der Waals surface area contributed by atoms with E-state index in [0.29, 0.717) is 29.3 Å². The highest BCUT2D eigenvalue weighted by Gasteiger charge is 2.50. The Bertz CT molecular complexity index is 739. The van der Waals surface area contributed by atoms with E-state index < -0.39 is 8.32 Å². The van der Waals surface area contributed by atoms with Crippen molar-refractivity contribution in [3.8, 4) is 0 Å². The molecule has 0 aromatic carbocycles. The molecule has 33 heavy (non-hydrogen) atoms. The molecule has 3 saturated carbocycles. The molecular formula is C31H54OSi. The van der Waals surface area contributed by atoms with Crippen LogP contribution in [0.1, 0.15) is 92.9 Å². The highest BCUT2D eigenvalue weighted by atomic mass is 28.4. The van der Waals surface area contributed by atoms with Gasteiger partial charge in [0.2, 0.25) is 0 Å². The van der Waals surface area contributed by atoms with Gasteiger partial charge in [0.25, 0.3) is 0 Å². The Kier molecular flexibility index (Phi) is 8.98. The summed E-state index contributed by atoms with van der Waals surface area (Å²) in [5, 5.41) is 0. The van der Waals surface area contributed by atoms with E-state index in [1.165, 1.54) is 44.9 Å². The summed E-state index contributed by atoms with van der Waals surface area (Å²) in [6, 6.07) is 0. The molecular weight excluding hydrogens is 416 g/mol. The average Bonchev–Trinajstić information content (AvgIpc) is 3.08. The van der Waals surface area contributed by atoms with Gasteiger partial charge in [-0.1, -0.05) is 77.0 Å². The van der Waals surface area contributed by atoms with Crippen molar-refractivity contribution in [3.63, 3.8) is 0 Å². The summed E-state index contributed by atoms with van der Waals surface area (Å²) < 4.78 is 6.50. The highest BCUT2D eigenvalue weighted by molar-refractivity contribution is 6.69. The largest absolute Gasteiger partial charge is 0.414 e. The van der Waals surface area contributed by atoms with Gasteiger partial charge in [-0.05, 0) is 112 Å². The second-order valence-electron chi connectivity index (χ2n) is 13.5. The fraction of sp³-hybridized carbons (Fsp3) is 0.806. The van der Waals surface area contributed by atoms with Crippen LogP contribution >= 0.6 is 0 Å². The van der Waals surface area contributed by atoms with E-state index in [0.717, 1.165) is 24.2 Å². The summed E-state index contributed by atoms with van der Waals surface area (Å²) in [6.07, 6.45) is 21.2. The van der Waals surface area contributed by atoms with Crippen LogP contribution in [-0.4, -0.2) is 14.4 Å². The van der Waals surface area contributed by atoms with Crippen LogP contribution in [0.5, 0.6) is 0 Å². The fourth-order valence-electron chi connectivity index (χ4n) is 7.08. The monoisotopic (exact) mass is 470 g/mol. The summed E-state index contributed by atoms with van der Waals surface area (Å²) in [5.74, 6) is 4.43. The molecule has 7 atom stereocenters. The van der Waals surface area contributed by atoms with Crippen LogP contribution in [0.3, 0.4) is 0 Å². The molecule has 1 nitrogen and oxygen atoms in total. The first-order chi connectivity index (χ1) is 15.4. The van der Waals surface area contributed by atoms with Gasteiger partial charge in [0.15, 0.2) is 8.32 Å². The molecule has 0 saturated heterocycles. The molecule has 0 heterocycles. The Morgan fingerprint density at radius 1 is 0.939 bits per heavy atom. The third kappa shape index (κ3) is 6.75. The van der Waals surface area contributed by atoms with Crippen molar-refractivity contribution < 1.29 is 4.43 Å². The first kappa shape index (κ1) is 27.0. The van der Waals surface area contributed by atoms with Gasteiger partial charge < -0.3 is 4.43 Å². The van der Waals surface area contributed by atoms with E-state index >= 15 is 0 Å². The van der Waals surface area contributed by atoms with Crippen LogP contribution in [0.4, 0.5) is 0 Å². The molecule has 0 amide bonds. The number of allylic oxidation sites excluding steroid dienone is 5. The van der Waals surface area contributed by atoms with Crippen molar-refractivity contribution in [3.05, 3.63) is 35.5 Å². The predicted octanol–water partition coefficient (Wildman–Crippen LogP) is 9.58. The van der Waals surface area contributed by atoms with Crippen molar-refractivity contribution in [2.24, 2.45) is 40.9 Å². The van der Waals surface area contributed by atoms with Crippen molar-refractivity contribution in [2.75, 3.05) is 0 Å². The van der Waals surface area contributed by atoms with Gasteiger partial charge in [-0.15, -0.1) is 0 Å². The summed E-state index contributed by atoms with van der Waals surface area (Å²) in [7, 11) is -1.47. The van der Waals surface area contributed by atoms with Crippen molar-refractivity contribution in [1.29, 1.82) is 0 Å². The Hall–Kier alpha value is -0.603. The van der Waals surface area contributed by atoms with Gasteiger partial charge in [-0.25, -0.2) is 0 Å². The fourth-order valence-corrected chi connectivity index (χ4v) is 8.29. The molecule has 3 fully saturated rings. The molecule has 0 radical (unpaired) electrons. The van der Waals surface area contributed by atoms with Crippen LogP contribution in [0.2, 0.25) is 19.6 Å². The summed E-state index contributed by atoms with van der Waals surface area (Å²) in [5.41, 5.74) is 3.87. The normalized spacial score (nSPS) is 37.8. The Morgan fingerprint density at radius 3 is 2.30 bits per heavy atom.